The van der Waals surface area contributed by atoms with Crippen LogP contribution in [-0.2, 0) is 11.4 Å². The van der Waals surface area contributed by atoms with Crippen molar-refractivity contribution < 1.29 is 0 Å². The molecule has 0 spiro atoms. The third-order valence-corrected chi connectivity index (χ3v) is 4.69. The second-order valence-corrected chi connectivity index (χ2v) is 6.49. The molecule has 0 N–H and O–H groups in total. The van der Waals surface area contributed by atoms with Gasteiger partial charge < -0.3 is 4.57 Å². The average molecular weight is 361 g/mol. The molecule has 0 saturated heterocycles. The number of fused-ring (bicyclic) bond motifs is 1. The zero-order valence-corrected chi connectivity index (χ0v) is 12.6. The molecule has 0 atom stereocenters. The van der Waals surface area contributed by atoms with Crippen molar-refractivity contribution in [2.45, 2.75) is 37.6 Å². The van der Waals surface area contributed by atoms with Crippen LogP contribution in [0.15, 0.2) is 18.2 Å². The van der Waals surface area contributed by atoms with Crippen molar-refractivity contribution in [2.75, 3.05) is 0 Å². The number of benzene rings is 1. The van der Waals surface area contributed by atoms with Crippen LogP contribution in [0.1, 0.15) is 32.0 Å². The predicted molar refractivity (Wildman–Crippen MR) is 79.5 cm³/mol. The Balaban J connectivity index is 2.27. The standard InChI is InChI=1S/C13H14ClIN2/c1-13(5-2-6-13)17-11-4-3-9(15)7-10(11)16-12(17)8-14/h3-4,7H,2,5-6,8H2,1H3. The van der Waals surface area contributed by atoms with Crippen LogP contribution in [0.4, 0.5) is 0 Å². The van der Waals surface area contributed by atoms with E-state index in [1.165, 1.54) is 28.3 Å². The lowest BCUT2D eigenvalue weighted by Crippen LogP contribution is -2.38. The van der Waals surface area contributed by atoms with Gasteiger partial charge >= 0.3 is 0 Å². The van der Waals surface area contributed by atoms with Gasteiger partial charge in [0.1, 0.15) is 5.82 Å². The van der Waals surface area contributed by atoms with E-state index < -0.39 is 0 Å². The fraction of sp³-hybridized carbons (Fsp3) is 0.462. The predicted octanol–water partition coefficient (Wildman–Crippen LogP) is 4.28. The second-order valence-electron chi connectivity index (χ2n) is 4.98. The van der Waals surface area contributed by atoms with Crippen molar-refractivity contribution in [1.29, 1.82) is 0 Å². The summed E-state index contributed by atoms with van der Waals surface area (Å²) in [6.45, 7) is 2.31. The van der Waals surface area contributed by atoms with E-state index in [2.05, 4.69) is 57.3 Å². The molecule has 3 rings (SSSR count). The fourth-order valence-electron chi connectivity index (χ4n) is 2.71. The van der Waals surface area contributed by atoms with E-state index >= 15 is 0 Å². The van der Waals surface area contributed by atoms with Crippen molar-refractivity contribution in [3.8, 4) is 0 Å². The normalized spacial score (nSPS) is 18.3. The van der Waals surface area contributed by atoms with Crippen molar-refractivity contribution in [3.63, 3.8) is 0 Å². The zero-order chi connectivity index (χ0) is 12.0. The van der Waals surface area contributed by atoms with Gasteiger partial charge in [-0.1, -0.05) is 0 Å². The molecule has 1 aromatic carbocycles. The molecule has 1 aliphatic rings. The van der Waals surface area contributed by atoms with Gasteiger partial charge in [0.15, 0.2) is 0 Å². The van der Waals surface area contributed by atoms with Gasteiger partial charge in [-0.25, -0.2) is 4.98 Å². The lowest BCUT2D eigenvalue weighted by Gasteiger charge is -2.41. The Kier molecular flexibility index (Phi) is 2.86. The van der Waals surface area contributed by atoms with E-state index in [4.69, 9.17) is 11.6 Å². The van der Waals surface area contributed by atoms with Crippen molar-refractivity contribution in [1.82, 2.24) is 9.55 Å². The molecule has 1 fully saturated rings. The summed E-state index contributed by atoms with van der Waals surface area (Å²) in [6.07, 6.45) is 3.77. The maximum absolute atomic E-state index is 6.05. The molecule has 0 unspecified atom stereocenters. The third kappa shape index (κ3) is 1.78. The van der Waals surface area contributed by atoms with Crippen LogP contribution in [0, 0.1) is 3.57 Å². The van der Waals surface area contributed by atoms with Crippen molar-refractivity contribution in [3.05, 3.63) is 27.6 Å². The first kappa shape index (κ1) is 11.8. The van der Waals surface area contributed by atoms with Crippen LogP contribution < -0.4 is 0 Å². The quantitative estimate of drug-likeness (QED) is 0.577. The molecule has 0 radical (unpaired) electrons. The van der Waals surface area contributed by atoms with Gasteiger partial charge in [-0.2, -0.15) is 0 Å². The van der Waals surface area contributed by atoms with Gasteiger partial charge in [0.2, 0.25) is 0 Å². The first-order valence-corrected chi connectivity index (χ1v) is 7.49. The molecular formula is C13H14ClIN2. The minimum Gasteiger partial charge on any atom is -0.321 e. The van der Waals surface area contributed by atoms with Crippen molar-refractivity contribution >= 4 is 45.2 Å². The number of rotatable bonds is 2. The van der Waals surface area contributed by atoms with Crippen LogP contribution in [-0.4, -0.2) is 9.55 Å². The van der Waals surface area contributed by atoms with Crippen LogP contribution in [0.3, 0.4) is 0 Å². The summed E-state index contributed by atoms with van der Waals surface area (Å²) in [7, 11) is 0. The van der Waals surface area contributed by atoms with Crippen LogP contribution in [0.5, 0.6) is 0 Å². The first-order valence-electron chi connectivity index (χ1n) is 5.87. The molecule has 90 valence electrons. The Morgan fingerprint density at radius 3 is 2.82 bits per heavy atom. The van der Waals surface area contributed by atoms with Gasteiger partial charge in [-0.3, -0.25) is 0 Å². The number of hydrogen-bond donors (Lipinski definition) is 0. The van der Waals surface area contributed by atoms with Gasteiger partial charge in [0.05, 0.1) is 16.9 Å². The molecule has 2 nitrogen and oxygen atoms in total. The summed E-state index contributed by atoms with van der Waals surface area (Å²) in [5, 5.41) is 0. The number of alkyl halides is 1. The van der Waals surface area contributed by atoms with Crippen LogP contribution >= 0.6 is 34.2 Å². The Morgan fingerprint density at radius 2 is 2.24 bits per heavy atom. The minimum atomic E-state index is 0.228. The van der Waals surface area contributed by atoms with E-state index in [0.717, 1.165) is 11.3 Å². The SMILES string of the molecule is CC1(n2c(CCl)nc3cc(I)ccc32)CCC1. The highest BCUT2D eigenvalue weighted by atomic mass is 127. The first-order chi connectivity index (χ1) is 8.14. The highest BCUT2D eigenvalue weighted by molar-refractivity contribution is 14.1. The Bertz CT molecular complexity index is 572. The minimum absolute atomic E-state index is 0.228. The zero-order valence-electron chi connectivity index (χ0n) is 9.71. The topological polar surface area (TPSA) is 17.8 Å². The maximum atomic E-state index is 6.05. The fourth-order valence-corrected chi connectivity index (χ4v) is 3.36. The Labute approximate surface area is 120 Å². The van der Waals surface area contributed by atoms with Gasteiger partial charge in [0, 0.05) is 9.11 Å². The molecular weight excluding hydrogens is 347 g/mol. The molecule has 4 heteroatoms. The second kappa shape index (κ2) is 4.12. The summed E-state index contributed by atoms with van der Waals surface area (Å²) >= 11 is 8.37. The summed E-state index contributed by atoms with van der Waals surface area (Å²) < 4.78 is 3.58. The molecule has 1 heterocycles. The van der Waals surface area contributed by atoms with E-state index in [-0.39, 0.29) is 5.54 Å². The largest absolute Gasteiger partial charge is 0.321 e. The average Bonchev–Trinajstić information content (AvgIpc) is 2.63. The number of imidazole rings is 1. The summed E-state index contributed by atoms with van der Waals surface area (Å²) in [5.74, 6) is 1.49. The highest BCUT2D eigenvalue weighted by Crippen LogP contribution is 2.42. The molecule has 1 saturated carbocycles. The number of nitrogens with zero attached hydrogens (tertiary/aromatic N) is 2. The number of halogens is 2. The van der Waals surface area contributed by atoms with Gasteiger partial charge in [-0.15, -0.1) is 11.6 Å². The summed E-state index contributed by atoms with van der Waals surface area (Å²) in [5.41, 5.74) is 2.52. The van der Waals surface area contributed by atoms with E-state index in [9.17, 15) is 0 Å². The summed E-state index contributed by atoms with van der Waals surface area (Å²) in [4.78, 5) is 4.67. The molecule has 2 aromatic rings. The molecule has 17 heavy (non-hydrogen) atoms. The molecule has 1 aliphatic carbocycles. The van der Waals surface area contributed by atoms with Gasteiger partial charge in [-0.05, 0) is 67.0 Å². The van der Waals surface area contributed by atoms with E-state index in [0.29, 0.717) is 5.88 Å². The molecule has 1 aromatic heterocycles. The molecule has 0 amide bonds. The molecule has 0 aliphatic heterocycles. The smallest absolute Gasteiger partial charge is 0.125 e. The lowest BCUT2D eigenvalue weighted by molar-refractivity contribution is 0.171. The van der Waals surface area contributed by atoms with Gasteiger partial charge in [0.25, 0.3) is 0 Å². The third-order valence-electron chi connectivity index (χ3n) is 3.78. The Hall–Kier alpha value is -0.290. The lowest BCUT2D eigenvalue weighted by atomic mass is 9.78. The van der Waals surface area contributed by atoms with E-state index in [1.807, 2.05) is 0 Å². The Morgan fingerprint density at radius 1 is 1.47 bits per heavy atom. The maximum Gasteiger partial charge on any atom is 0.125 e. The van der Waals surface area contributed by atoms with Crippen LogP contribution in [0.25, 0.3) is 11.0 Å². The molecule has 0 bridgehead atoms. The summed E-state index contributed by atoms with van der Waals surface area (Å²) in [6, 6.07) is 6.44. The van der Waals surface area contributed by atoms with Crippen molar-refractivity contribution in [2.24, 2.45) is 0 Å². The highest BCUT2D eigenvalue weighted by Gasteiger charge is 2.36. The van der Waals surface area contributed by atoms with E-state index in [1.54, 1.807) is 0 Å². The number of hydrogen-bond acceptors (Lipinski definition) is 1. The van der Waals surface area contributed by atoms with Crippen LogP contribution in [0.2, 0.25) is 0 Å². The number of aromatic nitrogens is 2. The monoisotopic (exact) mass is 360 g/mol.